The molecular formula is C15H24N2O2S. The molecule has 4 nitrogen and oxygen atoms in total. The second-order valence-electron chi connectivity index (χ2n) is 5.38. The molecule has 20 heavy (non-hydrogen) atoms. The minimum Gasteiger partial charge on any atom is -0.313 e. The smallest absolute Gasteiger partial charge is 0.236 e. The molecule has 1 aliphatic rings. The van der Waals surface area contributed by atoms with Crippen LogP contribution in [0.25, 0.3) is 0 Å². The van der Waals surface area contributed by atoms with E-state index in [1.165, 1.54) is 0 Å². The summed E-state index contributed by atoms with van der Waals surface area (Å²) in [6, 6.07) is 7.74. The summed E-state index contributed by atoms with van der Waals surface area (Å²) >= 11 is 0. The van der Waals surface area contributed by atoms with Crippen molar-refractivity contribution in [1.29, 1.82) is 0 Å². The minimum absolute atomic E-state index is 0.0896. The maximum absolute atomic E-state index is 12.7. The molecule has 1 heterocycles. The monoisotopic (exact) mass is 296 g/mol. The van der Waals surface area contributed by atoms with E-state index in [0.29, 0.717) is 6.54 Å². The Morgan fingerprint density at radius 2 is 2.05 bits per heavy atom. The molecule has 1 fully saturated rings. The van der Waals surface area contributed by atoms with E-state index in [1.54, 1.807) is 4.31 Å². The highest BCUT2D eigenvalue weighted by molar-refractivity contribution is 7.92. The number of piperidine rings is 1. The Morgan fingerprint density at radius 3 is 2.65 bits per heavy atom. The van der Waals surface area contributed by atoms with Gasteiger partial charge in [0.25, 0.3) is 0 Å². The molecule has 1 atom stereocenters. The number of nitrogens with zero attached hydrogens (tertiary/aromatic N) is 1. The van der Waals surface area contributed by atoms with E-state index in [-0.39, 0.29) is 11.8 Å². The molecule has 0 saturated carbocycles. The second kappa shape index (κ2) is 6.59. The van der Waals surface area contributed by atoms with Crippen LogP contribution in [0.4, 0.5) is 5.69 Å². The quantitative estimate of drug-likeness (QED) is 0.907. The van der Waals surface area contributed by atoms with Crippen molar-refractivity contribution in [3.8, 4) is 0 Å². The first-order valence-electron chi connectivity index (χ1n) is 7.34. The lowest BCUT2D eigenvalue weighted by Gasteiger charge is -2.29. The molecule has 1 aliphatic heterocycles. The van der Waals surface area contributed by atoms with Crippen molar-refractivity contribution in [1.82, 2.24) is 5.32 Å². The van der Waals surface area contributed by atoms with E-state index in [4.69, 9.17) is 0 Å². The molecule has 2 rings (SSSR count). The highest BCUT2D eigenvalue weighted by Crippen LogP contribution is 2.23. The Balaban J connectivity index is 2.19. The van der Waals surface area contributed by atoms with Gasteiger partial charge in [0, 0.05) is 12.6 Å². The molecule has 0 amide bonds. The molecule has 1 unspecified atom stereocenters. The molecule has 1 aromatic rings. The highest BCUT2D eigenvalue weighted by Gasteiger charge is 2.27. The van der Waals surface area contributed by atoms with Crippen LogP contribution < -0.4 is 9.62 Å². The predicted octanol–water partition coefficient (Wildman–Crippen LogP) is 2.29. The van der Waals surface area contributed by atoms with Crippen molar-refractivity contribution in [3.63, 3.8) is 0 Å². The first-order chi connectivity index (χ1) is 9.54. The van der Waals surface area contributed by atoms with Crippen LogP contribution in [0.15, 0.2) is 24.3 Å². The van der Waals surface area contributed by atoms with Crippen molar-refractivity contribution in [3.05, 3.63) is 29.8 Å². The van der Waals surface area contributed by atoms with Crippen LogP contribution in [0.1, 0.15) is 31.7 Å². The van der Waals surface area contributed by atoms with Gasteiger partial charge in [-0.3, -0.25) is 4.31 Å². The maximum atomic E-state index is 12.7. The fourth-order valence-electron chi connectivity index (χ4n) is 2.77. The molecule has 112 valence electrons. The number of nitrogens with one attached hydrogen (secondary N) is 1. The summed E-state index contributed by atoms with van der Waals surface area (Å²) in [6.45, 7) is 5.24. The third kappa shape index (κ3) is 3.52. The SMILES string of the molecule is CCN(c1ccccc1C)S(=O)(=O)CC1CCCCN1. The number of rotatable bonds is 5. The lowest BCUT2D eigenvalue weighted by Crippen LogP contribution is -2.44. The third-order valence-corrected chi connectivity index (χ3v) is 5.78. The molecule has 0 radical (unpaired) electrons. The average molecular weight is 296 g/mol. The summed E-state index contributed by atoms with van der Waals surface area (Å²) in [5, 5.41) is 3.31. The molecule has 0 spiro atoms. The van der Waals surface area contributed by atoms with Crippen molar-refractivity contribution in [2.75, 3.05) is 23.1 Å². The van der Waals surface area contributed by atoms with Gasteiger partial charge in [0.2, 0.25) is 10.0 Å². The van der Waals surface area contributed by atoms with E-state index in [0.717, 1.165) is 37.1 Å². The molecule has 5 heteroatoms. The Hall–Kier alpha value is -1.07. The zero-order chi connectivity index (χ0) is 14.6. The standard InChI is InChI=1S/C15H24N2O2S/c1-3-17(15-10-5-4-8-13(15)2)20(18,19)12-14-9-6-7-11-16-14/h4-5,8,10,14,16H,3,6-7,9,11-12H2,1-2H3. The lowest BCUT2D eigenvalue weighted by molar-refractivity contribution is 0.423. The van der Waals surface area contributed by atoms with Crippen molar-refractivity contribution in [2.45, 2.75) is 39.2 Å². The number of anilines is 1. The van der Waals surface area contributed by atoms with Gasteiger partial charge in [-0.1, -0.05) is 24.6 Å². The van der Waals surface area contributed by atoms with E-state index in [1.807, 2.05) is 38.1 Å². The van der Waals surface area contributed by atoms with Gasteiger partial charge in [0.1, 0.15) is 0 Å². The summed E-state index contributed by atoms with van der Waals surface area (Å²) in [5.41, 5.74) is 1.79. The molecule has 1 saturated heterocycles. The summed E-state index contributed by atoms with van der Waals surface area (Å²) < 4.78 is 26.9. The number of benzene rings is 1. The number of aryl methyl sites for hydroxylation is 1. The molecule has 0 bridgehead atoms. The van der Waals surface area contributed by atoms with Crippen LogP contribution >= 0.6 is 0 Å². The van der Waals surface area contributed by atoms with E-state index < -0.39 is 10.0 Å². The largest absolute Gasteiger partial charge is 0.313 e. The normalized spacial score (nSPS) is 19.8. The Morgan fingerprint density at radius 1 is 1.30 bits per heavy atom. The number of para-hydroxylation sites is 1. The maximum Gasteiger partial charge on any atom is 0.236 e. The number of hydrogen-bond donors (Lipinski definition) is 1. The third-order valence-electron chi connectivity index (χ3n) is 3.83. The zero-order valence-corrected chi connectivity index (χ0v) is 13.1. The van der Waals surface area contributed by atoms with Crippen LogP contribution in [-0.2, 0) is 10.0 Å². The second-order valence-corrected chi connectivity index (χ2v) is 7.31. The predicted molar refractivity (Wildman–Crippen MR) is 83.6 cm³/mol. The lowest BCUT2D eigenvalue weighted by atomic mass is 10.1. The van der Waals surface area contributed by atoms with Crippen LogP contribution in [0.3, 0.4) is 0 Å². The van der Waals surface area contributed by atoms with Gasteiger partial charge in [0.15, 0.2) is 0 Å². The fourth-order valence-corrected chi connectivity index (χ4v) is 4.64. The topological polar surface area (TPSA) is 49.4 Å². The fraction of sp³-hybridized carbons (Fsp3) is 0.600. The number of hydrogen-bond acceptors (Lipinski definition) is 3. The first kappa shape index (κ1) is 15.3. The van der Waals surface area contributed by atoms with Gasteiger partial charge in [-0.2, -0.15) is 0 Å². The van der Waals surface area contributed by atoms with Gasteiger partial charge >= 0.3 is 0 Å². The summed E-state index contributed by atoms with van der Waals surface area (Å²) in [6.07, 6.45) is 3.21. The highest BCUT2D eigenvalue weighted by atomic mass is 32.2. The molecule has 1 N–H and O–H groups in total. The van der Waals surface area contributed by atoms with Crippen LogP contribution in [0.5, 0.6) is 0 Å². The van der Waals surface area contributed by atoms with Crippen molar-refractivity contribution < 1.29 is 8.42 Å². The summed E-state index contributed by atoms with van der Waals surface area (Å²) in [5.74, 6) is 0.190. The van der Waals surface area contributed by atoms with Gasteiger partial charge in [-0.15, -0.1) is 0 Å². The first-order valence-corrected chi connectivity index (χ1v) is 8.95. The van der Waals surface area contributed by atoms with E-state index in [9.17, 15) is 8.42 Å². The van der Waals surface area contributed by atoms with Gasteiger partial charge in [0.05, 0.1) is 11.4 Å². The van der Waals surface area contributed by atoms with Crippen LogP contribution in [-0.4, -0.2) is 33.3 Å². The molecule has 0 aromatic heterocycles. The Bertz CT molecular complexity index is 537. The zero-order valence-electron chi connectivity index (χ0n) is 12.3. The Kier molecular flexibility index (Phi) is 5.05. The van der Waals surface area contributed by atoms with Crippen LogP contribution in [0.2, 0.25) is 0 Å². The number of sulfonamides is 1. The minimum atomic E-state index is -3.28. The van der Waals surface area contributed by atoms with Gasteiger partial charge in [-0.25, -0.2) is 8.42 Å². The van der Waals surface area contributed by atoms with Crippen LogP contribution in [0, 0.1) is 6.92 Å². The van der Waals surface area contributed by atoms with Crippen molar-refractivity contribution >= 4 is 15.7 Å². The average Bonchev–Trinajstić information content (AvgIpc) is 2.42. The molecule has 0 aliphatic carbocycles. The Labute approximate surface area is 122 Å². The summed E-state index contributed by atoms with van der Waals surface area (Å²) in [4.78, 5) is 0. The molecular weight excluding hydrogens is 272 g/mol. The summed E-state index contributed by atoms with van der Waals surface area (Å²) in [7, 11) is -3.28. The van der Waals surface area contributed by atoms with Gasteiger partial charge in [-0.05, 0) is 44.9 Å². The molecule has 1 aromatic carbocycles. The van der Waals surface area contributed by atoms with Gasteiger partial charge < -0.3 is 5.32 Å². The van der Waals surface area contributed by atoms with E-state index in [2.05, 4.69) is 5.32 Å². The van der Waals surface area contributed by atoms with Crippen molar-refractivity contribution in [2.24, 2.45) is 0 Å². The van der Waals surface area contributed by atoms with E-state index >= 15 is 0 Å².